The SMILES string of the molecule is CN(CC(=O)Nc1ccc(N2CCOCC2)cc1)C(=O)CCCNC(=O)c1ccccc1. The number of ether oxygens (including phenoxy) is 1. The van der Waals surface area contributed by atoms with Crippen LogP contribution in [-0.4, -0.2) is 69.1 Å². The van der Waals surface area contributed by atoms with Crippen LogP contribution in [-0.2, 0) is 14.3 Å². The topological polar surface area (TPSA) is 91.0 Å². The first-order chi connectivity index (χ1) is 15.5. The van der Waals surface area contributed by atoms with Crippen molar-refractivity contribution >= 4 is 29.1 Å². The van der Waals surface area contributed by atoms with Gasteiger partial charge in [0.05, 0.1) is 19.8 Å². The molecule has 0 bridgehead atoms. The lowest BCUT2D eigenvalue weighted by molar-refractivity contribution is -0.133. The molecule has 3 rings (SSSR count). The third kappa shape index (κ3) is 7.09. The van der Waals surface area contributed by atoms with Crippen molar-refractivity contribution in [1.82, 2.24) is 10.2 Å². The molecule has 0 spiro atoms. The Morgan fingerprint density at radius 3 is 2.38 bits per heavy atom. The van der Waals surface area contributed by atoms with Crippen molar-refractivity contribution in [1.29, 1.82) is 0 Å². The van der Waals surface area contributed by atoms with Crippen molar-refractivity contribution in [2.45, 2.75) is 12.8 Å². The highest BCUT2D eigenvalue weighted by molar-refractivity contribution is 5.95. The van der Waals surface area contributed by atoms with Gasteiger partial charge in [-0.05, 0) is 42.8 Å². The Labute approximate surface area is 188 Å². The Kier molecular flexibility index (Phi) is 8.62. The number of carbonyl (C=O) groups excluding carboxylic acids is 3. The van der Waals surface area contributed by atoms with Gasteiger partial charge >= 0.3 is 0 Å². The molecule has 0 atom stereocenters. The molecular formula is C24H30N4O4. The van der Waals surface area contributed by atoms with E-state index in [1.54, 1.807) is 31.3 Å². The zero-order valence-electron chi connectivity index (χ0n) is 18.4. The third-order valence-electron chi connectivity index (χ3n) is 5.22. The minimum absolute atomic E-state index is 0.0274. The Hall–Kier alpha value is -3.39. The molecule has 0 aliphatic carbocycles. The second-order valence-corrected chi connectivity index (χ2v) is 7.67. The summed E-state index contributed by atoms with van der Waals surface area (Å²) in [6, 6.07) is 16.6. The molecule has 0 radical (unpaired) electrons. The van der Waals surface area contributed by atoms with Crippen molar-refractivity contribution in [2.24, 2.45) is 0 Å². The second kappa shape index (κ2) is 11.9. The number of amides is 3. The Balaban J connectivity index is 1.35. The van der Waals surface area contributed by atoms with Gasteiger partial charge < -0.3 is 25.2 Å². The van der Waals surface area contributed by atoms with E-state index >= 15 is 0 Å². The van der Waals surface area contributed by atoms with E-state index in [0.717, 1.165) is 32.0 Å². The maximum absolute atomic E-state index is 12.3. The van der Waals surface area contributed by atoms with E-state index in [-0.39, 0.29) is 30.7 Å². The average Bonchev–Trinajstić information content (AvgIpc) is 2.83. The molecule has 8 heteroatoms. The predicted molar refractivity (Wildman–Crippen MR) is 124 cm³/mol. The van der Waals surface area contributed by atoms with Crippen LogP contribution in [0, 0.1) is 0 Å². The number of likely N-dealkylation sites (N-methyl/N-ethyl adjacent to an activating group) is 1. The number of nitrogens with one attached hydrogen (secondary N) is 2. The molecule has 2 aromatic carbocycles. The maximum Gasteiger partial charge on any atom is 0.251 e. The normalized spacial score (nSPS) is 13.3. The highest BCUT2D eigenvalue weighted by Gasteiger charge is 2.14. The third-order valence-corrected chi connectivity index (χ3v) is 5.22. The number of hydrogen-bond donors (Lipinski definition) is 2. The van der Waals surface area contributed by atoms with Gasteiger partial charge in [-0.15, -0.1) is 0 Å². The van der Waals surface area contributed by atoms with E-state index in [1.807, 2.05) is 30.3 Å². The summed E-state index contributed by atoms with van der Waals surface area (Å²) in [4.78, 5) is 40.2. The largest absolute Gasteiger partial charge is 0.378 e. The summed E-state index contributed by atoms with van der Waals surface area (Å²) >= 11 is 0. The number of hydrogen-bond acceptors (Lipinski definition) is 5. The minimum Gasteiger partial charge on any atom is -0.378 e. The lowest BCUT2D eigenvalue weighted by Gasteiger charge is -2.28. The first-order valence-corrected chi connectivity index (χ1v) is 10.8. The number of carbonyl (C=O) groups is 3. The smallest absolute Gasteiger partial charge is 0.251 e. The van der Waals surface area contributed by atoms with Gasteiger partial charge in [-0.25, -0.2) is 0 Å². The highest BCUT2D eigenvalue weighted by Crippen LogP contribution is 2.19. The Bertz CT molecular complexity index is 896. The van der Waals surface area contributed by atoms with Crippen molar-refractivity contribution in [3.63, 3.8) is 0 Å². The van der Waals surface area contributed by atoms with Gasteiger partial charge in [0.1, 0.15) is 0 Å². The average molecular weight is 439 g/mol. The van der Waals surface area contributed by atoms with Gasteiger partial charge in [0.15, 0.2) is 0 Å². The lowest BCUT2D eigenvalue weighted by atomic mass is 10.2. The van der Waals surface area contributed by atoms with Gasteiger partial charge in [0, 0.05) is 50.0 Å². The number of rotatable bonds is 9. The summed E-state index contributed by atoms with van der Waals surface area (Å²) in [7, 11) is 1.60. The summed E-state index contributed by atoms with van der Waals surface area (Å²) < 4.78 is 5.36. The van der Waals surface area contributed by atoms with E-state index in [4.69, 9.17) is 4.74 Å². The lowest BCUT2D eigenvalue weighted by Crippen LogP contribution is -2.36. The van der Waals surface area contributed by atoms with E-state index in [1.165, 1.54) is 4.90 Å². The standard InChI is InChI=1S/C24H30N4O4/c1-27(23(30)8-5-13-25-24(31)19-6-3-2-4-7-19)18-22(29)26-20-9-11-21(12-10-20)28-14-16-32-17-15-28/h2-4,6-7,9-12H,5,8,13-18H2,1H3,(H,25,31)(H,26,29). The molecule has 1 aliphatic rings. The molecule has 1 aliphatic heterocycles. The van der Waals surface area contributed by atoms with Crippen molar-refractivity contribution in [3.05, 3.63) is 60.2 Å². The zero-order valence-corrected chi connectivity index (χ0v) is 18.4. The summed E-state index contributed by atoms with van der Waals surface area (Å²) in [6.45, 7) is 3.52. The van der Waals surface area contributed by atoms with Crippen molar-refractivity contribution in [2.75, 3.05) is 56.7 Å². The highest BCUT2D eigenvalue weighted by atomic mass is 16.5. The first kappa shape index (κ1) is 23.3. The van der Waals surface area contributed by atoms with Crippen LogP contribution in [0.15, 0.2) is 54.6 Å². The molecule has 2 aromatic rings. The van der Waals surface area contributed by atoms with Crippen molar-refractivity contribution in [3.8, 4) is 0 Å². The quantitative estimate of drug-likeness (QED) is 0.586. The van der Waals surface area contributed by atoms with E-state index in [2.05, 4.69) is 15.5 Å². The summed E-state index contributed by atoms with van der Waals surface area (Å²) in [5, 5.41) is 5.62. The van der Waals surface area contributed by atoms with Crippen molar-refractivity contribution < 1.29 is 19.1 Å². The van der Waals surface area contributed by atoms with E-state index in [0.29, 0.717) is 24.2 Å². The van der Waals surface area contributed by atoms with Crippen LogP contribution >= 0.6 is 0 Å². The van der Waals surface area contributed by atoms with Crippen LogP contribution < -0.4 is 15.5 Å². The molecule has 1 saturated heterocycles. The van der Waals surface area contributed by atoms with Gasteiger partial charge in [-0.1, -0.05) is 18.2 Å². The first-order valence-electron chi connectivity index (χ1n) is 10.8. The monoisotopic (exact) mass is 438 g/mol. The fraction of sp³-hybridized carbons (Fsp3) is 0.375. The molecule has 170 valence electrons. The van der Waals surface area contributed by atoms with Crippen LogP contribution in [0.1, 0.15) is 23.2 Å². The summed E-state index contributed by atoms with van der Waals surface area (Å²) in [5.74, 6) is -0.556. The zero-order chi connectivity index (χ0) is 22.8. The number of benzene rings is 2. The fourth-order valence-corrected chi connectivity index (χ4v) is 3.41. The molecule has 0 saturated carbocycles. The second-order valence-electron chi connectivity index (χ2n) is 7.67. The van der Waals surface area contributed by atoms with Crippen LogP contribution in [0.4, 0.5) is 11.4 Å². The Morgan fingerprint density at radius 1 is 1.00 bits per heavy atom. The molecule has 0 aromatic heterocycles. The number of anilines is 2. The fourth-order valence-electron chi connectivity index (χ4n) is 3.41. The van der Waals surface area contributed by atoms with Crippen LogP contribution in [0.5, 0.6) is 0 Å². The Morgan fingerprint density at radius 2 is 1.69 bits per heavy atom. The van der Waals surface area contributed by atoms with Crippen LogP contribution in [0.3, 0.4) is 0 Å². The maximum atomic E-state index is 12.3. The summed E-state index contributed by atoms with van der Waals surface area (Å²) in [6.07, 6.45) is 0.763. The van der Waals surface area contributed by atoms with Gasteiger partial charge in [-0.2, -0.15) is 0 Å². The minimum atomic E-state index is -0.252. The van der Waals surface area contributed by atoms with E-state index in [9.17, 15) is 14.4 Å². The molecule has 32 heavy (non-hydrogen) atoms. The van der Waals surface area contributed by atoms with Gasteiger partial charge in [-0.3, -0.25) is 14.4 Å². The number of morpholine rings is 1. The molecular weight excluding hydrogens is 408 g/mol. The molecule has 0 unspecified atom stereocenters. The molecule has 3 amide bonds. The predicted octanol–water partition coefficient (Wildman–Crippen LogP) is 2.13. The van der Waals surface area contributed by atoms with Gasteiger partial charge in [0.25, 0.3) is 5.91 Å². The van der Waals surface area contributed by atoms with Crippen LogP contribution in [0.2, 0.25) is 0 Å². The molecule has 1 heterocycles. The molecule has 8 nitrogen and oxygen atoms in total. The molecule has 2 N–H and O–H groups in total. The van der Waals surface area contributed by atoms with Crippen LogP contribution in [0.25, 0.3) is 0 Å². The van der Waals surface area contributed by atoms with E-state index < -0.39 is 0 Å². The van der Waals surface area contributed by atoms with Gasteiger partial charge in [0.2, 0.25) is 11.8 Å². The molecule has 1 fully saturated rings. The summed E-state index contributed by atoms with van der Waals surface area (Å²) in [5.41, 5.74) is 2.38. The number of nitrogens with zero attached hydrogens (tertiary/aromatic N) is 2.